The lowest BCUT2D eigenvalue weighted by molar-refractivity contribution is -0.147. The SMILES string of the molecule is CCOC(=O)C1(C#N)CC1c1ccc(OC)cc1. The van der Waals surface area contributed by atoms with Crippen LogP contribution in [0.15, 0.2) is 24.3 Å². The van der Waals surface area contributed by atoms with Gasteiger partial charge in [0.05, 0.1) is 19.8 Å². The van der Waals surface area contributed by atoms with Crippen LogP contribution in [0.2, 0.25) is 0 Å². The highest BCUT2D eigenvalue weighted by molar-refractivity contribution is 5.85. The molecule has 0 heterocycles. The number of hydrogen-bond acceptors (Lipinski definition) is 4. The van der Waals surface area contributed by atoms with Crippen molar-refractivity contribution in [2.75, 3.05) is 13.7 Å². The zero-order valence-electron chi connectivity index (χ0n) is 10.5. The van der Waals surface area contributed by atoms with E-state index in [1.165, 1.54) is 0 Å². The van der Waals surface area contributed by atoms with E-state index in [9.17, 15) is 10.1 Å². The summed E-state index contributed by atoms with van der Waals surface area (Å²) in [7, 11) is 1.60. The predicted octanol–water partition coefficient (Wildman–Crippen LogP) is 2.26. The third kappa shape index (κ3) is 1.92. The molecule has 2 atom stereocenters. The van der Waals surface area contributed by atoms with Crippen LogP contribution in [0.3, 0.4) is 0 Å². The molecular weight excluding hydrogens is 230 g/mol. The van der Waals surface area contributed by atoms with Gasteiger partial charge in [0.15, 0.2) is 5.41 Å². The summed E-state index contributed by atoms with van der Waals surface area (Å²) < 4.78 is 10.0. The summed E-state index contributed by atoms with van der Waals surface area (Å²) in [5.74, 6) is 0.291. The monoisotopic (exact) mass is 245 g/mol. The van der Waals surface area contributed by atoms with Crippen molar-refractivity contribution >= 4 is 5.97 Å². The fourth-order valence-corrected chi connectivity index (χ4v) is 2.16. The lowest BCUT2D eigenvalue weighted by Crippen LogP contribution is -2.19. The molecule has 1 aliphatic carbocycles. The molecule has 18 heavy (non-hydrogen) atoms. The number of ether oxygens (including phenoxy) is 2. The summed E-state index contributed by atoms with van der Waals surface area (Å²) in [6.45, 7) is 2.05. The van der Waals surface area contributed by atoms with Crippen molar-refractivity contribution in [3.63, 3.8) is 0 Å². The van der Waals surface area contributed by atoms with E-state index in [4.69, 9.17) is 9.47 Å². The van der Waals surface area contributed by atoms with E-state index in [1.54, 1.807) is 14.0 Å². The molecule has 4 heteroatoms. The maximum absolute atomic E-state index is 11.8. The number of carbonyl (C=O) groups is 1. The number of hydrogen-bond donors (Lipinski definition) is 0. The topological polar surface area (TPSA) is 59.3 Å². The summed E-state index contributed by atoms with van der Waals surface area (Å²) in [6.07, 6.45) is 0.536. The lowest BCUT2D eigenvalue weighted by atomic mass is 10.0. The Hall–Kier alpha value is -2.02. The van der Waals surface area contributed by atoms with E-state index < -0.39 is 11.4 Å². The highest BCUT2D eigenvalue weighted by Gasteiger charge is 2.62. The first-order chi connectivity index (χ1) is 8.67. The minimum Gasteiger partial charge on any atom is -0.497 e. The molecular formula is C14H15NO3. The van der Waals surface area contributed by atoms with Crippen molar-refractivity contribution in [2.45, 2.75) is 19.3 Å². The molecule has 1 aromatic carbocycles. The molecule has 0 spiro atoms. The van der Waals surface area contributed by atoms with Crippen LogP contribution in [-0.2, 0) is 9.53 Å². The Bertz CT molecular complexity index is 489. The molecule has 94 valence electrons. The molecule has 1 aliphatic rings. The Morgan fingerprint density at radius 2 is 2.17 bits per heavy atom. The van der Waals surface area contributed by atoms with Gasteiger partial charge in [-0.2, -0.15) is 5.26 Å². The molecule has 0 saturated heterocycles. The minimum atomic E-state index is -0.982. The van der Waals surface area contributed by atoms with Crippen LogP contribution >= 0.6 is 0 Å². The predicted molar refractivity (Wildman–Crippen MR) is 65.0 cm³/mol. The third-order valence-corrected chi connectivity index (χ3v) is 3.32. The average Bonchev–Trinajstić information content (AvgIpc) is 3.15. The Morgan fingerprint density at radius 3 is 2.67 bits per heavy atom. The molecule has 0 amide bonds. The number of benzene rings is 1. The molecule has 1 fully saturated rings. The Kier molecular flexibility index (Phi) is 3.24. The van der Waals surface area contributed by atoms with E-state index in [0.717, 1.165) is 11.3 Å². The maximum atomic E-state index is 11.8. The molecule has 0 aliphatic heterocycles. The van der Waals surface area contributed by atoms with Gasteiger partial charge in [-0.05, 0) is 31.0 Å². The van der Waals surface area contributed by atoms with E-state index in [1.807, 2.05) is 24.3 Å². The third-order valence-electron chi connectivity index (χ3n) is 3.32. The summed E-state index contributed by atoms with van der Waals surface area (Å²) >= 11 is 0. The van der Waals surface area contributed by atoms with Gasteiger partial charge < -0.3 is 9.47 Å². The smallest absolute Gasteiger partial charge is 0.327 e. The summed E-state index contributed by atoms with van der Waals surface area (Å²) in [5, 5.41) is 9.21. The van der Waals surface area contributed by atoms with Crippen LogP contribution in [0.5, 0.6) is 5.75 Å². The van der Waals surface area contributed by atoms with Gasteiger partial charge in [0.2, 0.25) is 0 Å². The summed E-state index contributed by atoms with van der Waals surface area (Å²) in [6, 6.07) is 9.56. The van der Waals surface area contributed by atoms with Crippen molar-refractivity contribution in [2.24, 2.45) is 5.41 Å². The summed E-state index contributed by atoms with van der Waals surface area (Å²) in [5.41, 5.74) is -0.00432. The van der Waals surface area contributed by atoms with Gasteiger partial charge in [-0.3, -0.25) is 4.79 Å². The van der Waals surface area contributed by atoms with Crippen LogP contribution in [0.25, 0.3) is 0 Å². The number of nitriles is 1. The second kappa shape index (κ2) is 4.69. The average molecular weight is 245 g/mol. The number of nitrogens with zero attached hydrogens (tertiary/aromatic N) is 1. The second-order valence-electron chi connectivity index (χ2n) is 4.33. The number of esters is 1. The van der Waals surface area contributed by atoms with E-state index in [0.29, 0.717) is 13.0 Å². The standard InChI is InChI=1S/C14H15NO3/c1-3-18-13(16)14(9-15)8-12(14)10-4-6-11(17-2)7-5-10/h4-7,12H,3,8H2,1-2H3. The number of methoxy groups -OCH3 is 1. The Morgan fingerprint density at radius 1 is 1.50 bits per heavy atom. The molecule has 1 aromatic rings. The van der Waals surface area contributed by atoms with Crippen molar-refractivity contribution in [1.82, 2.24) is 0 Å². The second-order valence-corrected chi connectivity index (χ2v) is 4.33. The lowest BCUT2D eigenvalue weighted by Gasteiger charge is -2.08. The van der Waals surface area contributed by atoms with Crippen molar-refractivity contribution < 1.29 is 14.3 Å². The molecule has 2 unspecified atom stereocenters. The van der Waals surface area contributed by atoms with Gasteiger partial charge in [0.25, 0.3) is 0 Å². The largest absolute Gasteiger partial charge is 0.497 e. The highest BCUT2D eigenvalue weighted by atomic mass is 16.5. The van der Waals surface area contributed by atoms with Crippen LogP contribution in [0.1, 0.15) is 24.8 Å². The Labute approximate surface area is 106 Å². The normalized spacial score (nSPS) is 25.1. The molecule has 2 rings (SSSR count). The first-order valence-electron chi connectivity index (χ1n) is 5.90. The van der Waals surface area contributed by atoms with Crippen LogP contribution in [-0.4, -0.2) is 19.7 Å². The van der Waals surface area contributed by atoms with Gasteiger partial charge in [-0.25, -0.2) is 0 Å². The molecule has 1 saturated carbocycles. The van der Waals surface area contributed by atoms with Gasteiger partial charge in [0.1, 0.15) is 5.75 Å². The van der Waals surface area contributed by atoms with Gasteiger partial charge in [-0.15, -0.1) is 0 Å². The summed E-state index contributed by atoms with van der Waals surface area (Å²) in [4.78, 5) is 11.8. The maximum Gasteiger partial charge on any atom is 0.327 e. The fraction of sp³-hybridized carbons (Fsp3) is 0.429. The van der Waals surface area contributed by atoms with Crippen LogP contribution < -0.4 is 4.74 Å². The Balaban J connectivity index is 2.17. The molecule has 0 radical (unpaired) electrons. The van der Waals surface area contributed by atoms with Crippen molar-refractivity contribution in [3.8, 4) is 11.8 Å². The molecule has 0 bridgehead atoms. The van der Waals surface area contributed by atoms with Crippen LogP contribution in [0, 0.1) is 16.7 Å². The zero-order valence-corrected chi connectivity index (χ0v) is 10.5. The van der Waals surface area contributed by atoms with Gasteiger partial charge in [-0.1, -0.05) is 12.1 Å². The van der Waals surface area contributed by atoms with Crippen molar-refractivity contribution in [3.05, 3.63) is 29.8 Å². The number of carbonyl (C=O) groups excluding carboxylic acids is 1. The van der Waals surface area contributed by atoms with E-state index in [-0.39, 0.29) is 5.92 Å². The highest BCUT2D eigenvalue weighted by Crippen LogP contribution is 2.59. The van der Waals surface area contributed by atoms with Gasteiger partial charge in [0, 0.05) is 5.92 Å². The first kappa shape index (κ1) is 12.4. The number of rotatable bonds is 4. The molecule has 4 nitrogen and oxygen atoms in total. The van der Waals surface area contributed by atoms with E-state index in [2.05, 4.69) is 6.07 Å². The molecule has 0 aromatic heterocycles. The zero-order chi connectivity index (χ0) is 13.2. The first-order valence-corrected chi connectivity index (χ1v) is 5.90. The molecule has 0 N–H and O–H groups in total. The van der Waals surface area contributed by atoms with Crippen LogP contribution in [0.4, 0.5) is 0 Å². The van der Waals surface area contributed by atoms with Crippen molar-refractivity contribution in [1.29, 1.82) is 5.26 Å². The fourth-order valence-electron chi connectivity index (χ4n) is 2.16. The van der Waals surface area contributed by atoms with E-state index >= 15 is 0 Å². The van der Waals surface area contributed by atoms with Gasteiger partial charge >= 0.3 is 5.97 Å². The minimum absolute atomic E-state index is 0.0625. The quantitative estimate of drug-likeness (QED) is 0.763.